The monoisotopic (exact) mass is 227 g/mol. The van der Waals surface area contributed by atoms with E-state index in [1.807, 2.05) is 0 Å². The summed E-state index contributed by atoms with van der Waals surface area (Å²) in [5.74, 6) is 0.0962. The van der Waals surface area contributed by atoms with Gasteiger partial charge in [0.05, 0.1) is 6.42 Å². The molecule has 0 aromatic rings. The second-order valence-electron chi connectivity index (χ2n) is 5.98. The predicted molar refractivity (Wildman–Crippen MR) is 65.5 cm³/mol. The zero-order chi connectivity index (χ0) is 12.2. The molecule has 1 fully saturated rings. The van der Waals surface area contributed by atoms with E-state index in [4.69, 9.17) is 5.11 Å². The van der Waals surface area contributed by atoms with E-state index in [0.29, 0.717) is 12.0 Å². The molecule has 1 saturated heterocycles. The molecule has 0 aliphatic carbocycles. The van der Waals surface area contributed by atoms with E-state index in [1.165, 1.54) is 19.3 Å². The van der Waals surface area contributed by atoms with Crippen LogP contribution in [-0.2, 0) is 4.79 Å². The molecule has 0 amide bonds. The Morgan fingerprint density at radius 1 is 1.31 bits per heavy atom. The van der Waals surface area contributed by atoms with Gasteiger partial charge in [-0.2, -0.15) is 0 Å². The van der Waals surface area contributed by atoms with Gasteiger partial charge in [0.25, 0.3) is 0 Å². The zero-order valence-corrected chi connectivity index (χ0v) is 10.8. The Bertz CT molecular complexity index is 233. The fourth-order valence-electron chi connectivity index (χ4n) is 2.50. The molecular formula is C13H25NO2. The molecule has 0 spiro atoms. The lowest BCUT2D eigenvalue weighted by Crippen LogP contribution is -2.28. The maximum absolute atomic E-state index is 10.5. The lowest BCUT2D eigenvalue weighted by molar-refractivity contribution is -0.137. The highest BCUT2D eigenvalue weighted by molar-refractivity contribution is 5.66. The lowest BCUT2D eigenvalue weighted by atomic mass is 9.77. The first-order valence-electron chi connectivity index (χ1n) is 6.34. The van der Waals surface area contributed by atoms with E-state index >= 15 is 0 Å². The quantitative estimate of drug-likeness (QED) is 0.805. The third-order valence-corrected chi connectivity index (χ3v) is 3.69. The Hall–Kier alpha value is -0.570. The Kier molecular flexibility index (Phi) is 4.78. The molecular weight excluding hydrogens is 202 g/mol. The smallest absolute Gasteiger partial charge is 0.304 e. The van der Waals surface area contributed by atoms with Gasteiger partial charge in [-0.15, -0.1) is 0 Å². The van der Waals surface area contributed by atoms with E-state index in [1.54, 1.807) is 0 Å². The zero-order valence-electron chi connectivity index (χ0n) is 10.8. The van der Waals surface area contributed by atoms with E-state index in [9.17, 15) is 4.79 Å². The standard InChI is InChI=1S/C13H25NO2/c1-13(2,3)11-5-4-8-14(9-6-11)10-7-12(15)16/h11H,4-10H2,1-3H3,(H,15,16). The van der Waals surface area contributed by atoms with E-state index in [0.717, 1.165) is 19.0 Å². The van der Waals surface area contributed by atoms with Crippen LogP contribution in [0, 0.1) is 11.3 Å². The van der Waals surface area contributed by atoms with Crippen molar-refractivity contribution in [3.63, 3.8) is 0 Å². The lowest BCUT2D eigenvalue weighted by Gasteiger charge is -2.29. The highest BCUT2D eigenvalue weighted by Crippen LogP contribution is 2.34. The number of likely N-dealkylation sites (tertiary alicyclic amines) is 1. The Morgan fingerprint density at radius 3 is 2.56 bits per heavy atom. The first-order valence-corrected chi connectivity index (χ1v) is 6.34. The minimum absolute atomic E-state index is 0.278. The molecule has 1 aliphatic rings. The topological polar surface area (TPSA) is 40.5 Å². The van der Waals surface area contributed by atoms with Gasteiger partial charge in [-0.25, -0.2) is 0 Å². The van der Waals surface area contributed by atoms with Gasteiger partial charge in [0.1, 0.15) is 0 Å². The number of carboxylic acids is 1. The van der Waals surface area contributed by atoms with E-state index in [-0.39, 0.29) is 6.42 Å². The van der Waals surface area contributed by atoms with Crippen molar-refractivity contribution in [3.8, 4) is 0 Å². The summed E-state index contributed by atoms with van der Waals surface area (Å²) in [7, 11) is 0. The molecule has 3 heteroatoms. The van der Waals surface area contributed by atoms with Crippen molar-refractivity contribution in [2.75, 3.05) is 19.6 Å². The summed E-state index contributed by atoms with van der Waals surface area (Å²) >= 11 is 0. The first kappa shape index (κ1) is 13.5. The Balaban J connectivity index is 2.37. The molecule has 1 aliphatic heterocycles. The van der Waals surface area contributed by atoms with E-state index in [2.05, 4.69) is 25.7 Å². The van der Waals surface area contributed by atoms with Gasteiger partial charge in [0.2, 0.25) is 0 Å². The summed E-state index contributed by atoms with van der Waals surface area (Å²) in [6.07, 6.45) is 3.98. The number of nitrogens with zero attached hydrogens (tertiary/aromatic N) is 1. The van der Waals surface area contributed by atoms with Crippen molar-refractivity contribution >= 4 is 5.97 Å². The van der Waals surface area contributed by atoms with E-state index < -0.39 is 5.97 Å². The van der Waals surface area contributed by atoms with Crippen LogP contribution >= 0.6 is 0 Å². The van der Waals surface area contributed by atoms with Gasteiger partial charge in [-0.1, -0.05) is 20.8 Å². The second-order valence-corrected chi connectivity index (χ2v) is 5.98. The van der Waals surface area contributed by atoms with Crippen LogP contribution in [0.15, 0.2) is 0 Å². The summed E-state index contributed by atoms with van der Waals surface area (Å²) in [5, 5.41) is 8.67. The summed E-state index contributed by atoms with van der Waals surface area (Å²) in [6, 6.07) is 0. The van der Waals surface area contributed by atoms with Crippen LogP contribution < -0.4 is 0 Å². The molecule has 0 bridgehead atoms. The number of aliphatic carboxylic acids is 1. The van der Waals surface area contributed by atoms with Crippen LogP contribution in [-0.4, -0.2) is 35.6 Å². The average molecular weight is 227 g/mol. The van der Waals surface area contributed by atoms with Crippen LogP contribution in [0.5, 0.6) is 0 Å². The summed E-state index contributed by atoms with van der Waals surface area (Å²) in [5.41, 5.74) is 0.392. The van der Waals surface area contributed by atoms with Crippen molar-refractivity contribution in [1.29, 1.82) is 0 Å². The molecule has 1 N–H and O–H groups in total. The molecule has 1 heterocycles. The largest absolute Gasteiger partial charge is 0.481 e. The van der Waals surface area contributed by atoms with Crippen molar-refractivity contribution < 1.29 is 9.90 Å². The SMILES string of the molecule is CC(C)(C)C1CCCN(CCC(=O)O)CC1. The van der Waals surface area contributed by atoms with Crippen molar-refractivity contribution in [2.24, 2.45) is 11.3 Å². The predicted octanol–water partition coefficient (Wildman–Crippen LogP) is 2.61. The minimum atomic E-state index is -0.684. The molecule has 3 nitrogen and oxygen atoms in total. The van der Waals surface area contributed by atoms with Gasteiger partial charge in [-0.05, 0) is 43.7 Å². The molecule has 0 radical (unpaired) electrons. The van der Waals surface area contributed by atoms with Crippen LogP contribution in [0.2, 0.25) is 0 Å². The molecule has 94 valence electrons. The number of rotatable bonds is 3. The van der Waals surface area contributed by atoms with Gasteiger partial charge in [-0.3, -0.25) is 4.79 Å². The van der Waals surface area contributed by atoms with Crippen molar-refractivity contribution in [3.05, 3.63) is 0 Å². The van der Waals surface area contributed by atoms with Gasteiger partial charge < -0.3 is 10.0 Å². The molecule has 1 unspecified atom stereocenters. The molecule has 0 aromatic carbocycles. The molecule has 0 saturated carbocycles. The number of hydrogen-bond acceptors (Lipinski definition) is 2. The molecule has 1 rings (SSSR count). The second kappa shape index (κ2) is 5.67. The number of carbonyl (C=O) groups is 1. The van der Waals surface area contributed by atoms with Gasteiger partial charge in [0, 0.05) is 6.54 Å². The minimum Gasteiger partial charge on any atom is -0.481 e. The van der Waals surface area contributed by atoms with Crippen LogP contribution in [0.1, 0.15) is 46.5 Å². The fourth-order valence-corrected chi connectivity index (χ4v) is 2.50. The van der Waals surface area contributed by atoms with Gasteiger partial charge in [0.15, 0.2) is 0 Å². The number of carboxylic acid groups (broad SMARTS) is 1. The summed E-state index contributed by atoms with van der Waals surface area (Å²) in [6.45, 7) is 9.78. The van der Waals surface area contributed by atoms with Gasteiger partial charge >= 0.3 is 5.97 Å². The average Bonchev–Trinajstić information content (AvgIpc) is 2.38. The third kappa shape index (κ3) is 4.52. The Labute approximate surface area is 98.8 Å². The highest BCUT2D eigenvalue weighted by atomic mass is 16.4. The highest BCUT2D eigenvalue weighted by Gasteiger charge is 2.26. The summed E-state index contributed by atoms with van der Waals surface area (Å²) < 4.78 is 0. The van der Waals surface area contributed by atoms with Crippen LogP contribution in [0.25, 0.3) is 0 Å². The maximum atomic E-state index is 10.5. The normalized spacial score (nSPS) is 24.1. The molecule has 1 atom stereocenters. The van der Waals surface area contributed by atoms with Crippen molar-refractivity contribution in [1.82, 2.24) is 4.90 Å². The van der Waals surface area contributed by atoms with Crippen molar-refractivity contribution in [2.45, 2.75) is 46.5 Å². The molecule has 16 heavy (non-hydrogen) atoms. The summed E-state index contributed by atoms with van der Waals surface area (Å²) in [4.78, 5) is 12.8. The maximum Gasteiger partial charge on any atom is 0.304 e. The van der Waals surface area contributed by atoms with Crippen LogP contribution in [0.3, 0.4) is 0 Å². The first-order chi connectivity index (χ1) is 7.39. The molecule has 0 aromatic heterocycles. The Morgan fingerprint density at radius 2 is 2.00 bits per heavy atom. The fraction of sp³-hybridized carbons (Fsp3) is 0.923. The van der Waals surface area contributed by atoms with Crippen LogP contribution in [0.4, 0.5) is 0 Å². The number of hydrogen-bond donors (Lipinski definition) is 1. The third-order valence-electron chi connectivity index (χ3n) is 3.69.